The third-order valence-corrected chi connectivity index (χ3v) is 5.72. The molecule has 5 heteroatoms. The number of benzene rings is 2. The summed E-state index contributed by atoms with van der Waals surface area (Å²) in [5.74, 6) is 0.917. The van der Waals surface area contributed by atoms with E-state index in [2.05, 4.69) is 17.2 Å². The SMILES string of the molecule is CC1CC1CCNC(=O)CCc1c(-c2ccc(F)cc2)[nH]c2ccc(F)cc12. The Morgan fingerprint density at radius 3 is 2.57 bits per heavy atom. The van der Waals surface area contributed by atoms with Crippen LogP contribution in [0.15, 0.2) is 42.5 Å². The van der Waals surface area contributed by atoms with Gasteiger partial charge in [-0.1, -0.05) is 6.92 Å². The van der Waals surface area contributed by atoms with E-state index in [4.69, 9.17) is 0 Å². The molecule has 1 aliphatic carbocycles. The summed E-state index contributed by atoms with van der Waals surface area (Å²) in [5.41, 5.74) is 3.31. The van der Waals surface area contributed by atoms with Crippen molar-refractivity contribution in [1.29, 1.82) is 0 Å². The molecule has 2 N–H and O–H groups in total. The molecule has 4 rings (SSSR count). The maximum atomic E-state index is 13.8. The van der Waals surface area contributed by atoms with Crippen molar-refractivity contribution in [2.24, 2.45) is 11.8 Å². The van der Waals surface area contributed by atoms with E-state index in [0.717, 1.165) is 46.0 Å². The van der Waals surface area contributed by atoms with Gasteiger partial charge in [-0.2, -0.15) is 0 Å². The van der Waals surface area contributed by atoms with Crippen molar-refractivity contribution in [3.8, 4) is 11.3 Å². The number of carbonyl (C=O) groups is 1. The van der Waals surface area contributed by atoms with E-state index in [0.29, 0.717) is 19.4 Å². The van der Waals surface area contributed by atoms with Gasteiger partial charge in [-0.3, -0.25) is 4.79 Å². The van der Waals surface area contributed by atoms with Crippen LogP contribution in [0.1, 0.15) is 31.7 Å². The van der Waals surface area contributed by atoms with Crippen molar-refractivity contribution in [2.75, 3.05) is 6.54 Å². The molecular weight excluding hydrogens is 358 g/mol. The number of fused-ring (bicyclic) bond motifs is 1. The number of rotatable bonds is 7. The normalized spacial score (nSPS) is 18.4. The lowest BCUT2D eigenvalue weighted by Gasteiger charge is -2.07. The summed E-state index contributed by atoms with van der Waals surface area (Å²) in [6.07, 6.45) is 3.11. The van der Waals surface area contributed by atoms with Gasteiger partial charge in [0.1, 0.15) is 11.6 Å². The topological polar surface area (TPSA) is 44.9 Å². The molecule has 2 unspecified atom stereocenters. The van der Waals surface area contributed by atoms with Crippen molar-refractivity contribution >= 4 is 16.8 Å². The number of halogens is 2. The Hall–Kier alpha value is -2.69. The van der Waals surface area contributed by atoms with Crippen LogP contribution in [-0.4, -0.2) is 17.4 Å². The molecule has 1 saturated carbocycles. The fourth-order valence-corrected chi connectivity index (χ4v) is 3.87. The van der Waals surface area contributed by atoms with Gasteiger partial charge in [0, 0.05) is 29.6 Å². The second-order valence-corrected chi connectivity index (χ2v) is 7.79. The first-order chi connectivity index (χ1) is 13.5. The number of H-pyrrole nitrogens is 1. The molecular formula is C23H24F2N2O. The van der Waals surface area contributed by atoms with Crippen LogP contribution in [0.2, 0.25) is 0 Å². The Bertz CT molecular complexity index is 994. The van der Waals surface area contributed by atoms with E-state index in [1.54, 1.807) is 18.2 Å². The van der Waals surface area contributed by atoms with Crippen molar-refractivity contribution in [3.05, 3.63) is 59.7 Å². The number of nitrogens with one attached hydrogen (secondary N) is 2. The molecule has 2 atom stereocenters. The first kappa shape index (κ1) is 18.7. The Kier molecular flexibility index (Phi) is 5.16. The fraction of sp³-hybridized carbons (Fsp3) is 0.348. The predicted molar refractivity (Wildman–Crippen MR) is 107 cm³/mol. The number of amides is 1. The molecule has 0 spiro atoms. The maximum absolute atomic E-state index is 13.8. The average molecular weight is 382 g/mol. The molecule has 2 aromatic carbocycles. The van der Waals surface area contributed by atoms with Crippen molar-refractivity contribution in [3.63, 3.8) is 0 Å². The quantitative estimate of drug-likeness (QED) is 0.579. The molecule has 0 radical (unpaired) electrons. The molecule has 0 aliphatic heterocycles. The van der Waals surface area contributed by atoms with Gasteiger partial charge >= 0.3 is 0 Å². The Morgan fingerprint density at radius 2 is 1.86 bits per heavy atom. The molecule has 0 saturated heterocycles. The van der Waals surface area contributed by atoms with Gasteiger partial charge in [-0.25, -0.2) is 8.78 Å². The van der Waals surface area contributed by atoms with Gasteiger partial charge in [0.15, 0.2) is 0 Å². The molecule has 28 heavy (non-hydrogen) atoms. The number of aryl methyl sites for hydroxylation is 1. The number of hydrogen-bond donors (Lipinski definition) is 2. The van der Waals surface area contributed by atoms with E-state index >= 15 is 0 Å². The van der Waals surface area contributed by atoms with Crippen LogP contribution < -0.4 is 5.32 Å². The zero-order valence-corrected chi connectivity index (χ0v) is 15.9. The summed E-state index contributed by atoms with van der Waals surface area (Å²) in [6.45, 7) is 2.95. The highest BCUT2D eigenvalue weighted by atomic mass is 19.1. The lowest BCUT2D eigenvalue weighted by molar-refractivity contribution is -0.121. The Balaban J connectivity index is 1.52. The van der Waals surface area contributed by atoms with E-state index in [1.165, 1.54) is 30.7 Å². The third-order valence-electron chi connectivity index (χ3n) is 5.72. The summed E-state index contributed by atoms with van der Waals surface area (Å²) >= 11 is 0. The summed E-state index contributed by atoms with van der Waals surface area (Å²) < 4.78 is 27.1. The van der Waals surface area contributed by atoms with Crippen LogP contribution >= 0.6 is 0 Å². The maximum Gasteiger partial charge on any atom is 0.220 e. The van der Waals surface area contributed by atoms with E-state index in [1.807, 2.05) is 0 Å². The lowest BCUT2D eigenvalue weighted by Crippen LogP contribution is -2.25. The van der Waals surface area contributed by atoms with Crippen LogP contribution in [-0.2, 0) is 11.2 Å². The Labute approximate surface area is 163 Å². The van der Waals surface area contributed by atoms with Crippen LogP contribution in [0, 0.1) is 23.5 Å². The van der Waals surface area contributed by atoms with Gasteiger partial charge in [0.05, 0.1) is 0 Å². The number of hydrogen-bond acceptors (Lipinski definition) is 1. The first-order valence-corrected chi connectivity index (χ1v) is 9.84. The highest BCUT2D eigenvalue weighted by molar-refractivity contribution is 5.91. The second kappa shape index (κ2) is 7.74. The van der Waals surface area contributed by atoms with E-state index in [-0.39, 0.29) is 17.5 Å². The average Bonchev–Trinajstić information content (AvgIpc) is 3.26. The second-order valence-electron chi connectivity index (χ2n) is 7.79. The molecule has 3 aromatic rings. The lowest BCUT2D eigenvalue weighted by atomic mass is 10.0. The minimum absolute atomic E-state index is 0.00381. The zero-order chi connectivity index (χ0) is 19.7. The van der Waals surface area contributed by atoms with Gasteiger partial charge < -0.3 is 10.3 Å². The summed E-state index contributed by atoms with van der Waals surface area (Å²) in [4.78, 5) is 15.6. The summed E-state index contributed by atoms with van der Waals surface area (Å²) in [5, 5.41) is 3.75. The molecule has 1 aromatic heterocycles. The standard InChI is InChI=1S/C23H24F2N2O/c1-14-12-16(14)10-11-26-22(28)9-7-19-20-13-18(25)6-8-21(20)27-23(19)15-2-4-17(24)5-3-15/h2-6,8,13-14,16,27H,7,9-12H2,1H3,(H,26,28). The fourth-order valence-electron chi connectivity index (χ4n) is 3.87. The van der Waals surface area contributed by atoms with Gasteiger partial charge in [-0.05, 0) is 84.7 Å². The van der Waals surface area contributed by atoms with Gasteiger partial charge in [-0.15, -0.1) is 0 Å². The smallest absolute Gasteiger partial charge is 0.220 e. The first-order valence-electron chi connectivity index (χ1n) is 9.84. The van der Waals surface area contributed by atoms with Crippen LogP contribution in [0.3, 0.4) is 0 Å². The molecule has 1 fully saturated rings. The minimum atomic E-state index is -0.318. The zero-order valence-electron chi connectivity index (χ0n) is 15.9. The summed E-state index contributed by atoms with van der Waals surface area (Å²) in [6, 6.07) is 10.8. The van der Waals surface area contributed by atoms with Crippen molar-refractivity contribution < 1.29 is 13.6 Å². The van der Waals surface area contributed by atoms with Gasteiger partial charge in [0.2, 0.25) is 5.91 Å². The predicted octanol–water partition coefficient (Wildman–Crippen LogP) is 5.21. The van der Waals surface area contributed by atoms with Crippen LogP contribution in [0.25, 0.3) is 22.2 Å². The largest absolute Gasteiger partial charge is 0.356 e. The third kappa shape index (κ3) is 4.08. The molecule has 1 amide bonds. The van der Waals surface area contributed by atoms with Crippen molar-refractivity contribution in [2.45, 2.75) is 32.6 Å². The number of aromatic nitrogens is 1. The molecule has 3 nitrogen and oxygen atoms in total. The highest BCUT2D eigenvalue weighted by Gasteiger charge is 2.31. The Morgan fingerprint density at radius 1 is 1.14 bits per heavy atom. The number of carbonyl (C=O) groups excluding carboxylic acids is 1. The van der Waals surface area contributed by atoms with E-state index < -0.39 is 0 Å². The number of aromatic amines is 1. The van der Waals surface area contributed by atoms with Gasteiger partial charge in [0.25, 0.3) is 0 Å². The highest BCUT2D eigenvalue weighted by Crippen LogP contribution is 2.40. The summed E-state index contributed by atoms with van der Waals surface area (Å²) in [7, 11) is 0. The molecule has 146 valence electrons. The van der Waals surface area contributed by atoms with E-state index in [9.17, 15) is 13.6 Å². The minimum Gasteiger partial charge on any atom is -0.356 e. The van der Waals surface area contributed by atoms with Crippen LogP contribution in [0.4, 0.5) is 8.78 Å². The molecule has 1 heterocycles. The van der Waals surface area contributed by atoms with Crippen LogP contribution in [0.5, 0.6) is 0 Å². The van der Waals surface area contributed by atoms with Crippen molar-refractivity contribution in [1.82, 2.24) is 10.3 Å². The molecule has 1 aliphatic rings. The molecule has 0 bridgehead atoms. The monoisotopic (exact) mass is 382 g/mol.